The van der Waals surface area contributed by atoms with E-state index in [1.54, 1.807) is 0 Å². The number of hydrogen-bond acceptors (Lipinski definition) is 4. The number of ether oxygens (including phenoxy) is 2. The van der Waals surface area contributed by atoms with Gasteiger partial charge in [0.2, 0.25) is 5.91 Å². The van der Waals surface area contributed by atoms with Crippen LogP contribution in [0.15, 0.2) is 53.0 Å². The van der Waals surface area contributed by atoms with Crippen molar-refractivity contribution in [2.24, 2.45) is 0 Å². The second-order valence-electron chi connectivity index (χ2n) is 6.39. The predicted molar refractivity (Wildman–Crippen MR) is 106 cm³/mol. The molecule has 0 aliphatic carbocycles. The van der Waals surface area contributed by atoms with Crippen molar-refractivity contribution in [3.05, 3.63) is 53.0 Å². The second kappa shape index (κ2) is 9.16. The molecule has 1 heterocycles. The van der Waals surface area contributed by atoms with Gasteiger partial charge in [-0.3, -0.25) is 9.69 Å². The molecular formula is C20H23BrN2O3. The molecule has 2 aromatic carbocycles. The van der Waals surface area contributed by atoms with Crippen molar-refractivity contribution in [2.75, 3.05) is 32.1 Å². The zero-order valence-corrected chi connectivity index (χ0v) is 16.4. The Morgan fingerprint density at radius 1 is 1.12 bits per heavy atom. The normalized spacial score (nSPS) is 15.0. The first kappa shape index (κ1) is 18.9. The topological polar surface area (TPSA) is 50.8 Å². The smallest absolute Gasteiger partial charge is 0.238 e. The number of carbonyl (C=O) groups excluding carboxylic acids is 1. The van der Waals surface area contributed by atoms with Crippen LogP contribution >= 0.6 is 15.9 Å². The van der Waals surface area contributed by atoms with Crippen molar-refractivity contribution in [3.63, 3.8) is 0 Å². The van der Waals surface area contributed by atoms with E-state index in [4.69, 9.17) is 9.47 Å². The molecule has 1 fully saturated rings. The van der Waals surface area contributed by atoms with E-state index in [0.717, 1.165) is 47.7 Å². The molecule has 6 heteroatoms. The lowest BCUT2D eigenvalue weighted by Gasteiger charge is -2.30. The van der Waals surface area contributed by atoms with Crippen molar-refractivity contribution >= 4 is 27.5 Å². The van der Waals surface area contributed by atoms with E-state index in [1.165, 1.54) is 0 Å². The Balaban J connectivity index is 1.50. The van der Waals surface area contributed by atoms with Gasteiger partial charge in [0.15, 0.2) is 0 Å². The molecule has 0 atom stereocenters. The van der Waals surface area contributed by atoms with Crippen LogP contribution in [-0.2, 0) is 9.53 Å². The third-order valence-corrected chi connectivity index (χ3v) is 4.92. The molecule has 1 saturated heterocycles. The molecule has 0 bridgehead atoms. The predicted octanol–water partition coefficient (Wildman–Crippen LogP) is 4.29. The van der Waals surface area contributed by atoms with Crippen molar-refractivity contribution in [2.45, 2.75) is 18.9 Å². The van der Waals surface area contributed by atoms with Crippen molar-refractivity contribution in [1.82, 2.24) is 4.90 Å². The summed E-state index contributed by atoms with van der Waals surface area (Å²) in [5, 5.41) is 2.94. The average molecular weight is 419 g/mol. The summed E-state index contributed by atoms with van der Waals surface area (Å²) >= 11 is 3.40. The average Bonchev–Trinajstić information content (AvgIpc) is 2.66. The van der Waals surface area contributed by atoms with Gasteiger partial charge in [-0.2, -0.15) is 0 Å². The molecule has 0 unspecified atom stereocenters. The Hall–Kier alpha value is -1.89. The summed E-state index contributed by atoms with van der Waals surface area (Å²) in [4.78, 5) is 14.4. The number of hydrogen-bond donors (Lipinski definition) is 1. The molecule has 26 heavy (non-hydrogen) atoms. The first-order valence-electron chi connectivity index (χ1n) is 8.71. The molecule has 1 amide bonds. The first-order chi connectivity index (χ1) is 12.6. The van der Waals surface area contributed by atoms with E-state index in [9.17, 15) is 4.79 Å². The van der Waals surface area contributed by atoms with E-state index in [1.807, 2.05) is 55.6 Å². The Morgan fingerprint density at radius 3 is 2.31 bits per heavy atom. The van der Waals surface area contributed by atoms with Crippen molar-refractivity contribution < 1.29 is 14.3 Å². The molecule has 1 N–H and O–H groups in total. The van der Waals surface area contributed by atoms with Gasteiger partial charge in [0.1, 0.15) is 11.5 Å². The van der Waals surface area contributed by atoms with E-state index in [-0.39, 0.29) is 5.91 Å². The summed E-state index contributed by atoms with van der Waals surface area (Å²) in [7, 11) is 1.99. The maximum absolute atomic E-state index is 12.3. The number of anilines is 1. The van der Waals surface area contributed by atoms with Crippen molar-refractivity contribution in [3.8, 4) is 11.5 Å². The molecule has 2 aromatic rings. The summed E-state index contributed by atoms with van der Waals surface area (Å²) in [5.74, 6) is 1.48. The second-order valence-corrected chi connectivity index (χ2v) is 7.30. The van der Waals surface area contributed by atoms with Crippen LogP contribution in [0.4, 0.5) is 5.69 Å². The Kier molecular flexibility index (Phi) is 6.66. The van der Waals surface area contributed by atoms with Crippen LogP contribution in [0.5, 0.6) is 11.5 Å². The van der Waals surface area contributed by atoms with Crippen molar-refractivity contribution in [1.29, 1.82) is 0 Å². The monoisotopic (exact) mass is 418 g/mol. The Morgan fingerprint density at radius 2 is 1.69 bits per heavy atom. The molecule has 3 rings (SSSR count). The maximum Gasteiger partial charge on any atom is 0.238 e. The highest BCUT2D eigenvalue weighted by atomic mass is 79.9. The quantitative estimate of drug-likeness (QED) is 0.759. The zero-order chi connectivity index (χ0) is 18.4. The third kappa shape index (κ3) is 5.56. The van der Waals surface area contributed by atoms with E-state index in [2.05, 4.69) is 26.1 Å². The number of carbonyl (C=O) groups is 1. The number of rotatable bonds is 6. The SMILES string of the molecule is CN(CC(=O)Nc1ccc(Oc2ccc(Br)cc2)cc1)C1CCOCC1. The lowest BCUT2D eigenvalue weighted by atomic mass is 10.1. The number of benzene rings is 2. The Bertz CT molecular complexity index is 713. The third-order valence-electron chi connectivity index (χ3n) is 4.39. The minimum Gasteiger partial charge on any atom is -0.457 e. The summed E-state index contributed by atoms with van der Waals surface area (Å²) in [6, 6.07) is 15.5. The number of nitrogens with one attached hydrogen (secondary N) is 1. The minimum absolute atomic E-state index is 0.0134. The summed E-state index contributed by atoms with van der Waals surface area (Å²) in [6.07, 6.45) is 1.96. The molecule has 138 valence electrons. The molecule has 0 aromatic heterocycles. The van der Waals surface area contributed by atoms with Gasteiger partial charge in [-0.15, -0.1) is 0 Å². The van der Waals surface area contributed by atoms with Gasteiger partial charge >= 0.3 is 0 Å². The lowest BCUT2D eigenvalue weighted by Crippen LogP contribution is -2.41. The van der Waals surface area contributed by atoms with Crippen LogP contribution in [0.3, 0.4) is 0 Å². The van der Waals surface area contributed by atoms with Crippen LogP contribution in [0.25, 0.3) is 0 Å². The van der Waals surface area contributed by atoms with Crippen LogP contribution < -0.4 is 10.1 Å². The van der Waals surface area contributed by atoms with E-state index >= 15 is 0 Å². The molecular weight excluding hydrogens is 396 g/mol. The summed E-state index contributed by atoms with van der Waals surface area (Å²) < 4.78 is 12.2. The largest absolute Gasteiger partial charge is 0.457 e. The van der Waals surface area contributed by atoms with Crippen LogP contribution in [0.1, 0.15) is 12.8 Å². The van der Waals surface area contributed by atoms with Gasteiger partial charge in [0.05, 0.1) is 6.54 Å². The highest BCUT2D eigenvalue weighted by Crippen LogP contribution is 2.24. The van der Waals surface area contributed by atoms with Crippen LogP contribution in [0.2, 0.25) is 0 Å². The molecule has 5 nitrogen and oxygen atoms in total. The van der Waals surface area contributed by atoms with Gasteiger partial charge in [0.25, 0.3) is 0 Å². The maximum atomic E-state index is 12.3. The van der Waals surface area contributed by atoms with E-state index in [0.29, 0.717) is 12.6 Å². The molecule has 0 radical (unpaired) electrons. The zero-order valence-electron chi connectivity index (χ0n) is 14.8. The van der Waals surface area contributed by atoms with E-state index < -0.39 is 0 Å². The lowest BCUT2D eigenvalue weighted by molar-refractivity contribution is -0.118. The number of nitrogens with zero attached hydrogens (tertiary/aromatic N) is 1. The highest BCUT2D eigenvalue weighted by molar-refractivity contribution is 9.10. The fourth-order valence-electron chi connectivity index (χ4n) is 2.93. The van der Waals surface area contributed by atoms with Gasteiger partial charge in [0, 0.05) is 29.4 Å². The fourth-order valence-corrected chi connectivity index (χ4v) is 3.19. The number of likely N-dealkylation sites (N-methyl/N-ethyl adjacent to an activating group) is 1. The minimum atomic E-state index is -0.0134. The first-order valence-corrected chi connectivity index (χ1v) is 9.51. The molecule has 0 saturated carbocycles. The van der Waals surface area contributed by atoms with Gasteiger partial charge in [-0.1, -0.05) is 15.9 Å². The van der Waals surface area contributed by atoms with Gasteiger partial charge < -0.3 is 14.8 Å². The van der Waals surface area contributed by atoms with Crippen LogP contribution in [0, 0.1) is 0 Å². The standard InChI is InChI=1S/C20H23BrN2O3/c1-23(17-10-12-25-13-11-17)14-20(24)22-16-4-8-19(9-5-16)26-18-6-2-15(21)3-7-18/h2-9,17H,10-14H2,1H3,(H,22,24). The van der Waals surface area contributed by atoms with Crippen LogP contribution in [-0.4, -0.2) is 43.7 Å². The fraction of sp³-hybridized carbons (Fsp3) is 0.350. The molecule has 1 aliphatic heterocycles. The molecule has 1 aliphatic rings. The molecule has 0 spiro atoms. The van der Waals surface area contributed by atoms with Gasteiger partial charge in [-0.05, 0) is 68.4 Å². The number of amides is 1. The summed E-state index contributed by atoms with van der Waals surface area (Å²) in [5.41, 5.74) is 0.763. The Labute approximate surface area is 162 Å². The summed E-state index contributed by atoms with van der Waals surface area (Å²) in [6.45, 7) is 1.93. The highest BCUT2D eigenvalue weighted by Gasteiger charge is 2.20. The van der Waals surface area contributed by atoms with Gasteiger partial charge in [-0.25, -0.2) is 0 Å². The number of halogens is 1.